The van der Waals surface area contributed by atoms with Gasteiger partial charge in [0.15, 0.2) is 11.6 Å². The lowest BCUT2D eigenvalue weighted by Crippen LogP contribution is -2.02. The summed E-state index contributed by atoms with van der Waals surface area (Å²) in [6.45, 7) is 6.68. The molecule has 0 saturated heterocycles. The molecule has 0 N–H and O–H groups in total. The van der Waals surface area contributed by atoms with Crippen LogP contribution in [0.15, 0.2) is 24.3 Å². The molecule has 3 nitrogen and oxygen atoms in total. The second-order valence-corrected chi connectivity index (χ2v) is 5.28. The molecule has 0 unspecified atom stereocenters. The molecule has 0 amide bonds. The number of nitrogens with zero attached hydrogens (tertiary/aromatic N) is 1. The van der Waals surface area contributed by atoms with Gasteiger partial charge in [-0.2, -0.15) is 0 Å². The molecule has 4 heteroatoms. The second-order valence-electron chi connectivity index (χ2n) is 4.85. The number of hydrogen-bond donors (Lipinski definition) is 0. The first-order valence-corrected chi connectivity index (χ1v) is 6.72. The maximum Gasteiger partial charge on any atom is 0.162 e. The summed E-state index contributed by atoms with van der Waals surface area (Å²) in [5.41, 5.74) is 3.46. The van der Waals surface area contributed by atoms with E-state index < -0.39 is 0 Å². The first-order chi connectivity index (χ1) is 9.34. The number of Topliss-reactive ketones (excluding diaryl/α,β-unsaturated/α-hetero) is 2. The Kier molecular flexibility index (Phi) is 3.82. The highest BCUT2D eigenvalue weighted by Crippen LogP contribution is 2.27. The van der Waals surface area contributed by atoms with Crippen molar-refractivity contribution < 1.29 is 9.59 Å². The standard InChI is InChI=1S/C16H16ClNO2/c1-9-15(11(3)19)16(12(4)20)10(2)18(9)14-7-5-13(17)6-8-14/h5-8H,1-4H3. The number of halogens is 1. The summed E-state index contributed by atoms with van der Waals surface area (Å²) in [6.07, 6.45) is 0. The van der Waals surface area contributed by atoms with Gasteiger partial charge in [-0.25, -0.2) is 0 Å². The molecule has 1 aromatic carbocycles. The zero-order chi connectivity index (χ0) is 15.0. The second kappa shape index (κ2) is 5.25. The summed E-state index contributed by atoms with van der Waals surface area (Å²) < 4.78 is 1.92. The molecule has 2 aromatic rings. The van der Waals surface area contributed by atoms with Gasteiger partial charge >= 0.3 is 0 Å². The van der Waals surface area contributed by atoms with Crippen molar-refractivity contribution >= 4 is 23.2 Å². The molecular weight excluding hydrogens is 274 g/mol. The van der Waals surface area contributed by atoms with Crippen LogP contribution >= 0.6 is 11.6 Å². The zero-order valence-electron chi connectivity index (χ0n) is 12.0. The van der Waals surface area contributed by atoms with Crippen molar-refractivity contribution in [3.63, 3.8) is 0 Å². The summed E-state index contributed by atoms with van der Waals surface area (Å²) in [5, 5.41) is 0.648. The predicted octanol–water partition coefficient (Wildman–Crippen LogP) is 4.15. The largest absolute Gasteiger partial charge is 0.317 e. The van der Waals surface area contributed by atoms with E-state index >= 15 is 0 Å². The molecule has 20 heavy (non-hydrogen) atoms. The Hall–Kier alpha value is -1.87. The van der Waals surface area contributed by atoms with Crippen LogP contribution in [0.4, 0.5) is 0 Å². The van der Waals surface area contributed by atoms with Crippen LogP contribution in [-0.4, -0.2) is 16.1 Å². The Morgan fingerprint density at radius 2 is 1.30 bits per heavy atom. The lowest BCUT2D eigenvalue weighted by molar-refractivity contribution is 0.0981. The quantitative estimate of drug-likeness (QED) is 0.796. The van der Waals surface area contributed by atoms with Gasteiger partial charge in [-0.3, -0.25) is 9.59 Å². The summed E-state index contributed by atoms with van der Waals surface area (Å²) in [6, 6.07) is 7.32. The van der Waals surface area contributed by atoms with E-state index in [2.05, 4.69) is 0 Å². The molecule has 1 heterocycles. The van der Waals surface area contributed by atoms with E-state index in [1.807, 2.05) is 30.5 Å². The lowest BCUT2D eigenvalue weighted by atomic mass is 10.0. The number of carbonyl (C=O) groups is 2. The minimum atomic E-state index is -0.0940. The van der Waals surface area contributed by atoms with Gasteiger partial charge in [0.25, 0.3) is 0 Å². The highest BCUT2D eigenvalue weighted by atomic mass is 35.5. The highest BCUT2D eigenvalue weighted by molar-refractivity contribution is 6.30. The van der Waals surface area contributed by atoms with Gasteiger partial charge in [-0.1, -0.05) is 11.6 Å². The predicted molar refractivity (Wildman–Crippen MR) is 80.3 cm³/mol. The van der Waals surface area contributed by atoms with Crippen LogP contribution in [0.3, 0.4) is 0 Å². The molecule has 0 fully saturated rings. The first kappa shape index (κ1) is 14.5. The Labute approximate surface area is 123 Å². The molecule has 104 valence electrons. The monoisotopic (exact) mass is 289 g/mol. The van der Waals surface area contributed by atoms with Crippen LogP contribution in [0.25, 0.3) is 5.69 Å². The van der Waals surface area contributed by atoms with Crippen molar-refractivity contribution in [2.45, 2.75) is 27.7 Å². The minimum Gasteiger partial charge on any atom is -0.317 e. The summed E-state index contributed by atoms with van der Waals surface area (Å²) in [5.74, 6) is -0.188. The van der Waals surface area contributed by atoms with Crippen molar-refractivity contribution in [1.29, 1.82) is 0 Å². The van der Waals surface area contributed by atoms with Crippen LogP contribution in [-0.2, 0) is 0 Å². The van der Waals surface area contributed by atoms with E-state index in [0.29, 0.717) is 16.1 Å². The van der Waals surface area contributed by atoms with Gasteiger partial charge in [0.2, 0.25) is 0 Å². The Bertz CT molecular complexity index is 659. The van der Waals surface area contributed by atoms with Gasteiger partial charge < -0.3 is 4.57 Å². The third kappa shape index (κ3) is 2.29. The van der Waals surface area contributed by atoms with Gasteiger partial charge in [-0.05, 0) is 52.0 Å². The van der Waals surface area contributed by atoms with Crippen LogP contribution in [0, 0.1) is 13.8 Å². The van der Waals surface area contributed by atoms with Crippen molar-refractivity contribution in [3.8, 4) is 5.69 Å². The molecule has 0 bridgehead atoms. The lowest BCUT2D eigenvalue weighted by Gasteiger charge is -2.09. The number of carbonyl (C=O) groups excluding carboxylic acids is 2. The first-order valence-electron chi connectivity index (χ1n) is 6.34. The highest BCUT2D eigenvalue weighted by Gasteiger charge is 2.23. The zero-order valence-corrected chi connectivity index (χ0v) is 12.7. The van der Waals surface area contributed by atoms with E-state index in [-0.39, 0.29) is 11.6 Å². The molecule has 0 spiro atoms. The van der Waals surface area contributed by atoms with Crippen molar-refractivity contribution in [1.82, 2.24) is 4.57 Å². The van der Waals surface area contributed by atoms with Crippen LogP contribution in [0.5, 0.6) is 0 Å². The van der Waals surface area contributed by atoms with Crippen LogP contribution in [0.1, 0.15) is 46.0 Å². The van der Waals surface area contributed by atoms with Gasteiger partial charge in [0, 0.05) is 33.2 Å². The Balaban J connectivity index is 2.78. The van der Waals surface area contributed by atoms with E-state index in [0.717, 1.165) is 17.1 Å². The average Bonchev–Trinajstić information content (AvgIpc) is 2.62. The van der Waals surface area contributed by atoms with E-state index in [4.69, 9.17) is 11.6 Å². The maximum absolute atomic E-state index is 11.9. The smallest absolute Gasteiger partial charge is 0.162 e. The molecule has 0 radical (unpaired) electrons. The fourth-order valence-corrected chi connectivity index (χ4v) is 2.80. The van der Waals surface area contributed by atoms with Crippen molar-refractivity contribution in [3.05, 3.63) is 51.8 Å². The number of aromatic nitrogens is 1. The number of benzene rings is 1. The molecule has 0 aliphatic heterocycles. The normalized spacial score (nSPS) is 10.7. The molecular formula is C16H16ClNO2. The molecule has 0 aliphatic rings. The van der Waals surface area contributed by atoms with Gasteiger partial charge in [0.1, 0.15) is 0 Å². The SMILES string of the molecule is CC(=O)c1c(C(C)=O)c(C)n(-c2ccc(Cl)cc2)c1C. The topological polar surface area (TPSA) is 39.1 Å². The fourth-order valence-electron chi connectivity index (χ4n) is 2.68. The molecule has 0 aliphatic carbocycles. The summed E-state index contributed by atoms with van der Waals surface area (Å²) in [4.78, 5) is 23.7. The van der Waals surface area contributed by atoms with Crippen LogP contribution < -0.4 is 0 Å². The van der Waals surface area contributed by atoms with Crippen LogP contribution in [0.2, 0.25) is 5.02 Å². The third-order valence-corrected chi connectivity index (χ3v) is 3.69. The Morgan fingerprint density at radius 3 is 1.65 bits per heavy atom. The molecule has 0 saturated carbocycles. The number of hydrogen-bond acceptors (Lipinski definition) is 2. The van der Waals surface area contributed by atoms with Crippen molar-refractivity contribution in [2.24, 2.45) is 0 Å². The van der Waals surface area contributed by atoms with E-state index in [9.17, 15) is 9.59 Å². The number of rotatable bonds is 3. The molecule has 0 atom stereocenters. The van der Waals surface area contributed by atoms with E-state index in [1.54, 1.807) is 12.1 Å². The van der Waals surface area contributed by atoms with E-state index in [1.165, 1.54) is 13.8 Å². The number of ketones is 2. The Morgan fingerprint density at radius 1 is 0.900 bits per heavy atom. The van der Waals surface area contributed by atoms with Gasteiger partial charge in [-0.15, -0.1) is 0 Å². The minimum absolute atomic E-state index is 0.0940. The fraction of sp³-hybridized carbons (Fsp3) is 0.250. The third-order valence-electron chi connectivity index (χ3n) is 3.43. The van der Waals surface area contributed by atoms with Crippen molar-refractivity contribution in [2.75, 3.05) is 0 Å². The molecule has 2 rings (SSSR count). The molecule has 1 aromatic heterocycles. The average molecular weight is 290 g/mol. The van der Waals surface area contributed by atoms with Gasteiger partial charge in [0.05, 0.1) is 0 Å². The summed E-state index contributed by atoms with van der Waals surface area (Å²) in [7, 11) is 0. The summed E-state index contributed by atoms with van der Waals surface area (Å²) >= 11 is 5.90. The maximum atomic E-state index is 11.9.